The van der Waals surface area contributed by atoms with Crippen LogP contribution in [0, 0.1) is 5.41 Å². The monoisotopic (exact) mass is 293 g/mol. The van der Waals surface area contributed by atoms with Crippen LogP contribution >= 0.6 is 0 Å². The van der Waals surface area contributed by atoms with Crippen molar-refractivity contribution in [1.29, 1.82) is 0 Å². The van der Waals surface area contributed by atoms with E-state index >= 15 is 0 Å². The van der Waals surface area contributed by atoms with Gasteiger partial charge in [-0.1, -0.05) is 19.3 Å². The summed E-state index contributed by atoms with van der Waals surface area (Å²) in [6.45, 7) is 4.01. The first-order valence-electron chi connectivity index (χ1n) is 8.87. The molecule has 1 saturated heterocycles. The van der Waals surface area contributed by atoms with Crippen molar-refractivity contribution >= 4 is 5.91 Å². The van der Waals surface area contributed by atoms with Crippen molar-refractivity contribution in [3.05, 3.63) is 0 Å². The van der Waals surface area contributed by atoms with Gasteiger partial charge in [0, 0.05) is 31.1 Å². The fraction of sp³-hybridized carbons (Fsp3) is 0.941. The van der Waals surface area contributed by atoms with Gasteiger partial charge in [-0.25, -0.2) is 0 Å². The molecule has 0 bridgehead atoms. The fourth-order valence-electron chi connectivity index (χ4n) is 4.45. The van der Waals surface area contributed by atoms with Gasteiger partial charge < -0.3 is 11.1 Å². The minimum Gasteiger partial charge on any atom is -0.352 e. The lowest BCUT2D eigenvalue weighted by Crippen LogP contribution is -2.43. The van der Waals surface area contributed by atoms with Crippen LogP contribution < -0.4 is 11.1 Å². The van der Waals surface area contributed by atoms with Crippen molar-refractivity contribution in [1.82, 2.24) is 10.2 Å². The number of hydrogen-bond acceptors (Lipinski definition) is 3. The quantitative estimate of drug-likeness (QED) is 0.815. The molecule has 0 aromatic rings. The van der Waals surface area contributed by atoms with Crippen LogP contribution in [0.1, 0.15) is 64.7 Å². The maximum atomic E-state index is 12.4. The summed E-state index contributed by atoms with van der Waals surface area (Å²) in [7, 11) is 0. The van der Waals surface area contributed by atoms with Crippen LogP contribution in [0.2, 0.25) is 0 Å². The Morgan fingerprint density at radius 1 is 1.29 bits per heavy atom. The summed E-state index contributed by atoms with van der Waals surface area (Å²) in [5.41, 5.74) is 6.08. The molecule has 3 fully saturated rings. The number of carbonyl (C=O) groups is 1. The van der Waals surface area contributed by atoms with Crippen LogP contribution in [0.3, 0.4) is 0 Å². The molecule has 4 heteroatoms. The second-order valence-corrected chi connectivity index (χ2v) is 7.72. The van der Waals surface area contributed by atoms with Crippen molar-refractivity contribution in [2.45, 2.75) is 82.8 Å². The first-order chi connectivity index (χ1) is 10.1. The summed E-state index contributed by atoms with van der Waals surface area (Å²) in [5, 5.41) is 3.29. The molecule has 3 aliphatic rings. The van der Waals surface area contributed by atoms with E-state index in [1.807, 2.05) is 0 Å². The molecular weight excluding hydrogens is 262 g/mol. The number of nitrogens with two attached hydrogens (primary N) is 1. The number of amides is 1. The summed E-state index contributed by atoms with van der Waals surface area (Å²) in [6, 6.07) is 1.78. The molecule has 1 amide bonds. The molecule has 0 radical (unpaired) electrons. The van der Waals surface area contributed by atoms with Gasteiger partial charge in [-0.2, -0.15) is 0 Å². The standard InChI is InChI=1S/C17H31N3O/c1-13-9-14(11-20(13)15-5-6-15)19-16(21)10-17(12-18)7-3-2-4-8-17/h13-15H,2-12,18H2,1H3,(H,19,21). The molecule has 2 atom stereocenters. The van der Waals surface area contributed by atoms with E-state index in [0.29, 0.717) is 25.0 Å². The number of nitrogens with zero attached hydrogens (tertiary/aromatic N) is 1. The van der Waals surface area contributed by atoms with Crippen LogP contribution in [0.25, 0.3) is 0 Å². The minimum atomic E-state index is 0.0860. The van der Waals surface area contributed by atoms with Crippen molar-refractivity contribution < 1.29 is 4.79 Å². The smallest absolute Gasteiger partial charge is 0.220 e. The van der Waals surface area contributed by atoms with E-state index in [0.717, 1.165) is 31.8 Å². The summed E-state index contributed by atoms with van der Waals surface area (Å²) in [6.07, 6.45) is 10.5. The number of likely N-dealkylation sites (tertiary alicyclic amines) is 1. The average molecular weight is 293 g/mol. The molecule has 2 aliphatic carbocycles. The Kier molecular flexibility index (Phi) is 4.55. The minimum absolute atomic E-state index is 0.0860. The molecule has 21 heavy (non-hydrogen) atoms. The second kappa shape index (κ2) is 6.25. The van der Waals surface area contributed by atoms with Crippen molar-refractivity contribution in [2.75, 3.05) is 13.1 Å². The average Bonchev–Trinajstić information content (AvgIpc) is 3.24. The van der Waals surface area contributed by atoms with E-state index in [4.69, 9.17) is 5.73 Å². The van der Waals surface area contributed by atoms with Gasteiger partial charge in [0.25, 0.3) is 0 Å². The molecule has 0 spiro atoms. The molecule has 3 rings (SSSR count). The molecule has 1 heterocycles. The highest BCUT2D eigenvalue weighted by atomic mass is 16.1. The van der Waals surface area contributed by atoms with E-state index < -0.39 is 0 Å². The van der Waals surface area contributed by atoms with E-state index in [1.165, 1.54) is 32.1 Å². The zero-order valence-corrected chi connectivity index (χ0v) is 13.4. The SMILES string of the molecule is CC1CC(NC(=O)CC2(CN)CCCCC2)CN1C1CC1. The Balaban J connectivity index is 1.49. The zero-order chi connectivity index (χ0) is 14.9. The van der Waals surface area contributed by atoms with Gasteiger partial charge in [-0.15, -0.1) is 0 Å². The molecule has 4 nitrogen and oxygen atoms in total. The maximum Gasteiger partial charge on any atom is 0.220 e. The Morgan fingerprint density at radius 2 is 2.00 bits per heavy atom. The van der Waals surface area contributed by atoms with Gasteiger partial charge in [0.05, 0.1) is 0 Å². The Morgan fingerprint density at radius 3 is 2.62 bits per heavy atom. The van der Waals surface area contributed by atoms with Gasteiger partial charge in [-0.3, -0.25) is 9.69 Å². The van der Waals surface area contributed by atoms with E-state index in [2.05, 4.69) is 17.1 Å². The van der Waals surface area contributed by atoms with Crippen LogP contribution in [0.15, 0.2) is 0 Å². The van der Waals surface area contributed by atoms with E-state index in [9.17, 15) is 4.79 Å². The third kappa shape index (κ3) is 3.59. The molecule has 3 N–H and O–H groups in total. The van der Waals surface area contributed by atoms with Crippen LogP contribution in [0.4, 0.5) is 0 Å². The highest BCUT2D eigenvalue weighted by Crippen LogP contribution is 2.38. The van der Waals surface area contributed by atoms with Crippen molar-refractivity contribution in [2.24, 2.45) is 11.1 Å². The molecule has 0 aromatic heterocycles. The largest absolute Gasteiger partial charge is 0.352 e. The van der Waals surface area contributed by atoms with Gasteiger partial charge in [-0.05, 0) is 51.0 Å². The van der Waals surface area contributed by atoms with Crippen molar-refractivity contribution in [3.63, 3.8) is 0 Å². The van der Waals surface area contributed by atoms with Gasteiger partial charge >= 0.3 is 0 Å². The van der Waals surface area contributed by atoms with Crippen LogP contribution in [-0.2, 0) is 4.79 Å². The second-order valence-electron chi connectivity index (χ2n) is 7.72. The topological polar surface area (TPSA) is 58.4 Å². The predicted octanol–water partition coefficient (Wildman–Crippen LogP) is 2.03. The zero-order valence-electron chi connectivity index (χ0n) is 13.4. The molecule has 1 aliphatic heterocycles. The number of hydrogen-bond donors (Lipinski definition) is 2. The highest BCUT2D eigenvalue weighted by molar-refractivity contribution is 5.77. The molecule has 0 aromatic carbocycles. The predicted molar refractivity (Wildman–Crippen MR) is 84.9 cm³/mol. The lowest BCUT2D eigenvalue weighted by Gasteiger charge is -2.36. The third-order valence-electron chi connectivity index (χ3n) is 5.89. The highest BCUT2D eigenvalue weighted by Gasteiger charge is 2.40. The molecule has 120 valence electrons. The van der Waals surface area contributed by atoms with Crippen LogP contribution in [-0.4, -0.2) is 42.0 Å². The van der Waals surface area contributed by atoms with E-state index in [1.54, 1.807) is 0 Å². The van der Waals surface area contributed by atoms with Crippen molar-refractivity contribution in [3.8, 4) is 0 Å². The first-order valence-corrected chi connectivity index (χ1v) is 8.87. The fourth-order valence-corrected chi connectivity index (χ4v) is 4.45. The molecule has 2 saturated carbocycles. The number of rotatable bonds is 5. The van der Waals surface area contributed by atoms with E-state index in [-0.39, 0.29) is 11.3 Å². The van der Waals surface area contributed by atoms with Gasteiger partial charge in [0.1, 0.15) is 0 Å². The summed E-state index contributed by atoms with van der Waals surface area (Å²) >= 11 is 0. The third-order valence-corrected chi connectivity index (χ3v) is 5.89. The Bertz CT molecular complexity index is 374. The normalized spacial score (nSPS) is 33.0. The molecule has 2 unspecified atom stereocenters. The first kappa shape index (κ1) is 15.3. The van der Waals surface area contributed by atoms with Gasteiger partial charge in [0.15, 0.2) is 0 Å². The lowest BCUT2D eigenvalue weighted by molar-refractivity contribution is -0.124. The van der Waals surface area contributed by atoms with Gasteiger partial charge in [0.2, 0.25) is 5.91 Å². The summed E-state index contributed by atoms with van der Waals surface area (Å²) < 4.78 is 0. The summed E-state index contributed by atoms with van der Waals surface area (Å²) in [5.74, 6) is 0.234. The number of carbonyl (C=O) groups excluding carboxylic acids is 1. The number of nitrogens with one attached hydrogen (secondary N) is 1. The molecular formula is C17H31N3O. The Labute approximate surface area is 128 Å². The van der Waals surface area contributed by atoms with Crippen LogP contribution in [0.5, 0.6) is 0 Å². The lowest BCUT2D eigenvalue weighted by atomic mass is 9.71. The maximum absolute atomic E-state index is 12.4. The Hall–Kier alpha value is -0.610. The summed E-state index contributed by atoms with van der Waals surface area (Å²) in [4.78, 5) is 15.0.